The number of hydrogen-bond acceptors (Lipinski definition) is 5. The van der Waals surface area contributed by atoms with Crippen molar-refractivity contribution in [1.82, 2.24) is 9.88 Å². The van der Waals surface area contributed by atoms with Gasteiger partial charge in [-0.05, 0) is 49.6 Å². The first-order valence-electron chi connectivity index (χ1n) is 9.12. The Morgan fingerprint density at radius 1 is 1.32 bits per heavy atom. The molecule has 0 saturated carbocycles. The van der Waals surface area contributed by atoms with Crippen LogP contribution in [0.5, 0.6) is 5.75 Å². The van der Waals surface area contributed by atoms with Crippen LogP contribution in [0.1, 0.15) is 28.0 Å². The predicted octanol–water partition coefficient (Wildman–Crippen LogP) is 1.92. The fraction of sp³-hybridized carbons (Fsp3) is 0.381. The van der Waals surface area contributed by atoms with Gasteiger partial charge in [0.2, 0.25) is 0 Å². The van der Waals surface area contributed by atoms with Gasteiger partial charge in [-0.25, -0.2) is 0 Å². The largest absolute Gasteiger partial charge is 0.497 e. The second-order valence-electron chi connectivity index (χ2n) is 7.16. The van der Waals surface area contributed by atoms with Gasteiger partial charge in [0.05, 0.1) is 18.8 Å². The molecule has 3 rings (SSSR count). The molecule has 0 radical (unpaired) electrons. The van der Waals surface area contributed by atoms with Gasteiger partial charge in [-0.1, -0.05) is 12.1 Å². The average Bonchev–Trinajstić information content (AvgIpc) is 2.69. The quantitative estimate of drug-likeness (QED) is 0.817. The predicted molar refractivity (Wildman–Crippen MR) is 102 cm³/mol. The van der Waals surface area contributed by atoms with Gasteiger partial charge < -0.3 is 19.8 Å². The van der Waals surface area contributed by atoms with Gasteiger partial charge in [-0.3, -0.25) is 14.6 Å². The van der Waals surface area contributed by atoms with Crippen molar-refractivity contribution in [3.63, 3.8) is 0 Å². The van der Waals surface area contributed by atoms with Gasteiger partial charge >= 0.3 is 5.97 Å². The van der Waals surface area contributed by atoms with Crippen molar-refractivity contribution in [2.75, 3.05) is 20.2 Å². The molecule has 1 fully saturated rings. The number of piperidine rings is 1. The van der Waals surface area contributed by atoms with E-state index in [1.165, 1.54) is 12.0 Å². The lowest BCUT2D eigenvalue weighted by Gasteiger charge is -2.43. The van der Waals surface area contributed by atoms with E-state index in [2.05, 4.69) is 4.98 Å². The highest BCUT2D eigenvalue weighted by Gasteiger charge is 2.50. The summed E-state index contributed by atoms with van der Waals surface area (Å²) in [5, 5.41) is 20.7. The van der Waals surface area contributed by atoms with Gasteiger partial charge in [-0.2, -0.15) is 0 Å². The number of hydrogen-bond donors (Lipinski definition) is 2. The lowest BCUT2D eigenvalue weighted by atomic mass is 9.72. The van der Waals surface area contributed by atoms with Gasteiger partial charge in [0.15, 0.2) is 0 Å². The monoisotopic (exact) mass is 384 g/mol. The van der Waals surface area contributed by atoms with E-state index in [-0.39, 0.29) is 25.3 Å². The number of nitrogens with zero attached hydrogens (tertiary/aromatic N) is 2. The van der Waals surface area contributed by atoms with Crippen molar-refractivity contribution in [2.24, 2.45) is 5.41 Å². The van der Waals surface area contributed by atoms with Crippen LogP contribution in [0.2, 0.25) is 0 Å². The number of pyridine rings is 1. The minimum absolute atomic E-state index is 0.0755. The van der Waals surface area contributed by atoms with Gasteiger partial charge in [0.25, 0.3) is 5.91 Å². The number of amides is 1. The van der Waals surface area contributed by atoms with Crippen molar-refractivity contribution in [3.05, 3.63) is 59.4 Å². The van der Waals surface area contributed by atoms with Crippen molar-refractivity contribution in [2.45, 2.75) is 25.9 Å². The molecule has 0 bridgehead atoms. The van der Waals surface area contributed by atoms with Crippen LogP contribution in [-0.4, -0.2) is 58.3 Å². The molecule has 1 aliphatic heterocycles. The van der Waals surface area contributed by atoms with Crippen LogP contribution in [0, 0.1) is 12.3 Å². The lowest BCUT2D eigenvalue weighted by Crippen LogP contribution is -2.58. The third kappa shape index (κ3) is 3.71. The molecule has 7 heteroatoms. The molecule has 28 heavy (non-hydrogen) atoms. The molecule has 1 aliphatic rings. The number of aryl methyl sites for hydroxylation is 1. The normalized spacial score (nSPS) is 22.0. The molecule has 1 aromatic heterocycles. The Morgan fingerprint density at radius 2 is 2.11 bits per heavy atom. The molecule has 1 aromatic carbocycles. The Morgan fingerprint density at radius 3 is 2.79 bits per heavy atom. The Kier molecular flexibility index (Phi) is 5.65. The van der Waals surface area contributed by atoms with E-state index >= 15 is 0 Å². The number of aliphatic hydroxyl groups excluding tert-OH is 1. The number of ether oxygens (including phenoxy) is 1. The molecular weight excluding hydrogens is 360 g/mol. The van der Waals surface area contributed by atoms with Crippen molar-refractivity contribution >= 4 is 11.9 Å². The maximum Gasteiger partial charge on any atom is 0.314 e. The van der Waals surface area contributed by atoms with Crippen LogP contribution in [0.15, 0.2) is 42.6 Å². The first-order chi connectivity index (χ1) is 13.4. The number of benzene rings is 1. The van der Waals surface area contributed by atoms with Crippen LogP contribution in [0.3, 0.4) is 0 Å². The summed E-state index contributed by atoms with van der Waals surface area (Å²) in [4.78, 5) is 30.9. The third-order valence-electron chi connectivity index (χ3n) is 5.39. The van der Waals surface area contributed by atoms with Crippen LogP contribution < -0.4 is 4.74 Å². The smallest absolute Gasteiger partial charge is 0.314 e. The number of aromatic nitrogens is 1. The zero-order valence-corrected chi connectivity index (χ0v) is 16.0. The summed E-state index contributed by atoms with van der Waals surface area (Å²) in [5.41, 5.74) is 0.274. The fourth-order valence-corrected chi connectivity index (χ4v) is 3.74. The number of likely N-dealkylation sites (tertiary alicyclic amines) is 1. The van der Waals surface area contributed by atoms with Gasteiger partial charge in [0, 0.05) is 25.0 Å². The number of carbonyl (C=O) groups excluding carboxylic acids is 1. The number of rotatable bonds is 5. The molecule has 2 aromatic rings. The number of carbonyl (C=O) groups is 2. The second kappa shape index (κ2) is 7.98. The third-order valence-corrected chi connectivity index (χ3v) is 5.39. The first-order valence-corrected chi connectivity index (χ1v) is 9.12. The summed E-state index contributed by atoms with van der Waals surface area (Å²) >= 11 is 0. The van der Waals surface area contributed by atoms with Crippen LogP contribution >= 0.6 is 0 Å². The highest BCUT2D eigenvalue weighted by atomic mass is 16.5. The summed E-state index contributed by atoms with van der Waals surface area (Å²) in [7, 11) is 1.54. The van der Waals surface area contributed by atoms with Gasteiger partial charge in [0.1, 0.15) is 11.2 Å². The zero-order chi connectivity index (χ0) is 20.3. The van der Waals surface area contributed by atoms with Crippen LogP contribution in [-0.2, 0) is 11.2 Å². The van der Waals surface area contributed by atoms with Gasteiger partial charge in [-0.15, -0.1) is 0 Å². The minimum atomic E-state index is -1.49. The number of aliphatic carboxylic acids is 1. The second-order valence-corrected chi connectivity index (χ2v) is 7.16. The minimum Gasteiger partial charge on any atom is -0.497 e. The van der Waals surface area contributed by atoms with E-state index in [0.29, 0.717) is 23.6 Å². The maximum atomic E-state index is 13.0. The topological polar surface area (TPSA) is 100.0 Å². The van der Waals surface area contributed by atoms with Crippen molar-refractivity contribution < 1.29 is 24.5 Å². The summed E-state index contributed by atoms with van der Waals surface area (Å²) in [6.07, 6.45) is 0.837. The highest BCUT2D eigenvalue weighted by molar-refractivity contribution is 5.95. The molecule has 148 valence electrons. The van der Waals surface area contributed by atoms with E-state index in [0.717, 1.165) is 5.56 Å². The fourth-order valence-electron chi connectivity index (χ4n) is 3.74. The molecule has 0 aliphatic carbocycles. The average molecular weight is 384 g/mol. The Labute approximate surface area is 163 Å². The van der Waals surface area contributed by atoms with Crippen molar-refractivity contribution in [3.8, 4) is 5.75 Å². The van der Waals surface area contributed by atoms with Crippen LogP contribution in [0.25, 0.3) is 0 Å². The van der Waals surface area contributed by atoms with Crippen LogP contribution in [0.4, 0.5) is 0 Å². The SMILES string of the molecule is COc1cccc(C[C@@]2(C(=O)O)CN(C(=O)c3cccnc3C)CC[C@H]2O)c1. The summed E-state index contributed by atoms with van der Waals surface area (Å²) < 4.78 is 5.21. The van der Waals surface area contributed by atoms with E-state index in [1.807, 2.05) is 0 Å². The Balaban J connectivity index is 1.92. The summed E-state index contributed by atoms with van der Waals surface area (Å²) in [5.74, 6) is -0.778. The molecular formula is C21H24N2O5. The highest BCUT2D eigenvalue weighted by Crippen LogP contribution is 2.36. The van der Waals surface area contributed by atoms with Crippen molar-refractivity contribution in [1.29, 1.82) is 0 Å². The zero-order valence-electron chi connectivity index (χ0n) is 16.0. The summed E-state index contributed by atoms with van der Waals surface area (Å²) in [6.45, 7) is 1.96. The Bertz CT molecular complexity index is 885. The number of methoxy groups -OCH3 is 1. The number of carboxylic acids is 1. The molecule has 1 amide bonds. The Hall–Kier alpha value is -2.93. The maximum absolute atomic E-state index is 13.0. The summed E-state index contributed by atoms with van der Waals surface area (Å²) in [6, 6.07) is 10.5. The number of aliphatic hydroxyl groups is 1. The molecule has 2 N–H and O–H groups in total. The van der Waals surface area contributed by atoms with E-state index < -0.39 is 17.5 Å². The molecule has 1 saturated heterocycles. The number of carboxylic acid groups (broad SMARTS) is 1. The molecule has 0 unspecified atom stereocenters. The van der Waals surface area contributed by atoms with E-state index in [4.69, 9.17) is 4.74 Å². The first kappa shape index (κ1) is 19.8. The lowest BCUT2D eigenvalue weighted by molar-refractivity contribution is -0.161. The molecule has 0 spiro atoms. The standard InChI is InChI=1S/C21H24N2O5/c1-14-17(7-4-9-22-14)19(25)23-10-8-18(24)21(13-23,20(26)27)12-15-5-3-6-16(11-15)28-2/h3-7,9,11,18,24H,8,10,12-13H2,1-2H3,(H,26,27)/t18-,21-/m1/s1. The molecule has 2 atom stereocenters. The molecule has 2 heterocycles. The van der Waals surface area contributed by atoms with E-state index in [1.54, 1.807) is 49.5 Å². The molecule has 7 nitrogen and oxygen atoms in total. The van der Waals surface area contributed by atoms with E-state index in [9.17, 15) is 19.8 Å².